The van der Waals surface area contributed by atoms with Crippen molar-refractivity contribution in [3.8, 4) is 0 Å². The van der Waals surface area contributed by atoms with E-state index in [1.165, 1.54) is 10.5 Å². The zero-order valence-electron chi connectivity index (χ0n) is 19.9. The number of para-hydroxylation sites is 1. The van der Waals surface area contributed by atoms with Crippen LogP contribution in [0.25, 0.3) is 10.2 Å². The smallest absolute Gasteiger partial charge is 0.228 e. The van der Waals surface area contributed by atoms with Gasteiger partial charge < -0.3 is 4.90 Å². The number of hydrogen-bond acceptors (Lipinski definition) is 6. The Bertz CT molecular complexity index is 1010. The number of aromatic nitrogens is 1. The van der Waals surface area contributed by atoms with Crippen LogP contribution < -0.4 is 4.90 Å². The second kappa shape index (κ2) is 14.2. The van der Waals surface area contributed by atoms with Crippen molar-refractivity contribution in [1.29, 1.82) is 0 Å². The summed E-state index contributed by atoms with van der Waals surface area (Å²) in [7, 11) is 0. The summed E-state index contributed by atoms with van der Waals surface area (Å²) in [6.45, 7) is 9.96. The molecule has 180 valence electrons. The van der Waals surface area contributed by atoms with Crippen LogP contribution in [0.2, 0.25) is 0 Å². The number of amides is 1. The number of aryl methyl sites for hydroxylation is 1. The Kier molecular flexibility index (Phi) is 12.1. The molecule has 1 amide bonds. The third kappa shape index (κ3) is 7.89. The highest BCUT2D eigenvalue weighted by molar-refractivity contribution is 7.99. The number of nitrogens with zero attached hydrogens (tertiary/aromatic N) is 3. The van der Waals surface area contributed by atoms with Crippen molar-refractivity contribution in [3.63, 3.8) is 0 Å². The minimum absolute atomic E-state index is 0. The van der Waals surface area contributed by atoms with Crippen molar-refractivity contribution < 1.29 is 4.79 Å². The molecule has 0 saturated carbocycles. The van der Waals surface area contributed by atoms with Crippen LogP contribution in [-0.2, 0) is 4.79 Å². The van der Waals surface area contributed by atoms with Crippen LogP contribution in [0.3, 0.4) is 0 Å². The predicted molar refractivity (Wildman–Crippen MR) is 150 cm³/mol. The molecule has 0 N–H and O–H groups in total. The lowest BCUT2D eigenvalue weighted by molar-refractivity contribution is -0.118. The second-order valence-electron chi connectivity index (χ2n) is 7.64. The number of hydrogen-bond donors (Lipinski definition) is 0. The Morgan fingerprint density at radius 3 is 2.45 bits per heavy atom. The first-order valence-electron chi connectivity index (χ1n) is 11.2. The zero-order valence-corrected chi connectivity index (χ0v) is 23.1. The van der Waals surface area contributed by atoms with Gasteiger partial charge in [0.1, 0.15) is 0 Å². The van der Waals surface area contributed by atoms with E-state index in [1.54, 1.807) is 23.1 Å². The molecule has 0 spiro atoms. The van der Waals surface area contributed by atoms with Gasteiger partial charge in [-0.3, -0.25) is 9.69 Å². The molecule has 3 aromatic rings. The number of rotatable bonds is 12. The lowest BCUT2D eigenvalue weighted by Crippen LogP contribution is -2.38. The topological polar surface area (TPSA) is 36.4 Å². The van der Waals surface area contributed by atoms with E-state index in [4.69, 9.17) is 4.98 Å². The van der Waals surface area contributed by atoms with E-state index in [0.29, 0.717) is 13.0 Å². The molecule has 0 unspecified atom stereocenters. The fraction of sp³-hybridized carbons (Fsp3) is 0.440. The number of fused-ring (bicyclic) bond motifs is 1. The van der Waals surface area contributed by atoms with Gasteiger partial charge in [0.15, 0.2) is 5.13 Å². The lowest BCUT2D eigenvalue weighted by atomic mass is 10.2. The maximum atomic E-state index is 13.3. The van der Waals surface area contributed by atoms with Crippen molar-refractivity contribution in [2.75, 3.05) is 43.1 Å². The zero-order chi connectivity index (χ0) is 22.9. The fourth-order valence-electron chi connectivity index (χ4n) is 3.48. The van der Waals surface area contributed by atoms with Gasteiger partial charge in [0.25, 0.3) is 0 Å². The Morgan fingerprint density at radius 1 is 1.06 bits per heavy atom. The van der Waals surface area contributed by atoms with Crippen LogP contribution in [0.1, 0.15) is 32.3 Å². The molecule has 4 nitrogen and oxygen atoms in total. The van der Waals surface area contributed by atoms with E-state index in [1.807, 2.05) is 16.7 Å². The summed E-state index contributed by atoms with van der Waals surface area (Å²) in [6.07, 6.45) is 3.48. The summed E-state index contributed by atoms with van der Waals surface area (Å²) in [5.74, 6) is 1.11. The van der Waals surface area contributed by atoms with Crippen LogP contribution in [0, 0.1) is 6.92 Å². The summed E-state index contributed by atoms with van der Waals surface area (Å²) < 4.78 is 1.14. The van der Waals surface area contributed by atoms with Crippen molar-refractivity contribution in [2.24, 2.45) is 0 Å². The number of thiazole rings is 1. The maximum Gasteiger partial charge on any atom is 0.228 e. The highest BCUT2D eigenvalue weighted by Gasteiger charge is 2.21. The summed E-state index contributed by atoms with van der Waals surface area (Å²) in [4.78, 5) is 24.9. The Labute approximate surface area is 216 Å². The van der Waals surface area contributed by atoms with E-state index < -0.39 is 0 Å². The fourth-order valence-corrected chi connectivity index (χ4v) is 6.00. The number of carbonyl (C=O) groups is 1. The second-order valence-corrected chi connectivity index (χ2v) is 10.7. The molecule has 2 aromatic carbocycles. The van der Waals surface area contributed by atoms with Crippen LogP contribution in [-0.4, -0.2) is 54.0 Å². The first kappa shape index (κ1) is 28.0. The first-order chi connectivity index (χ1) is 15.5. The third-order valence-electron chi connectivity index (χ3n) is 5.48. The Morgan fingerprint density at radius 2 is 1.79 bits per heavy atom. The number of thioether (sulfide) groups is 2. The molecule has 0 bridgehead atoms. The number of benzene rings is 2. The Balaban J connectivity index is 0.00000385. The van der Waals surface area contributed by atoms with Gasteiger partial charge in [0, 0.05) is 29.3 Å². The number of likely N-dealkylation sites (N-methyl/N-ethyl adjacent to an activating group) is 1. The lowest BCUT2D eigenvalue weighted by Gasteiger charge is -2.24. The standard InChI is InChI=1S/C25H33N3OS3.ClH/c1-5-27(6-2)16-17-28(25-26-24-21(30-4)9-7-10-22(24)32-25)23(29)11-8-18-31-20-14-12-19(3)13-15-20;/h7,9-10,12-15H,5-6,8,11,16-18H2,1-4H3;1H. The molecule has 3 rings (SSSR count). The molecule has 8 heteroatoms. The molecule has 0 fully saturated rings. The van der Waals surface area contributed by atoms with E-state index in [9.17, 15) is 4.79 Å². The van der Waals surface area contributed by atoms with Gasteiger partial charge in [0.05, 0.1) is 10.2 Å². The maximum absolute atomic E-state index is 13.3. The van der Waals surface area contributed by atoms with Crippen molar-refractivity contribution in [1.82, 2.24) is 9.88 Å². The molecule has 0 aliphatic carbocycles. The van der Waals surface area contributed by atoms with Gasteiger partial charge >= 0.3 is 0 Å². The minimum atomic E-state index is 0. The summed E-state index contributed by atoms with van der Waals surface area (Å²) in [5.41, 5.74) is 2.28. The summed E-state index contributed by atoms with van der Waals surface area (Å²) >= 11 is 5.15. The SMILES string of the molecule is CCN(CC)CCN(C(=O)CCCSc1ccc(C)cc1)c1nc2c(SC)cccc2s1.Cl. The van der Waals surface area contributed by atoms with Crippen LogP contribution in [0.5, 0.6) is 0 Å². The molecule has 0 aliphatic rings. The van der Waals surface area contributed by atoms with Crippen LogP contribution >= 0.6 is 47.3 Å². The summed E-state index contributed by atoms with van der Waals surface area (Å²) in [6, 6.07) is 14.9. The van der Waals surface area contributed by atoms with Gasteiger partial charge in [-0.15, -0.1) is 35.9 Å². The molecule has 0 saturated heterocycles. The largest absolute Gasteiger partial charge is 0.302 e. The number of carbonyl (C=O) groups excluding carboxylic acids is 1. The van der Waals surface area contributed by atoms with E-state index in [2.05, 4.69) is 74.4 Å². The quantitative estimate of drug-likeness (QED) is 0.189. The van der Waals surface area contributed by atoms with Crippen molar-refractivity contribution >= 4 is 68.5 Å². The monoisotopic (exact) mass is 523 g/mol. The molecule has 0 aliphatic heterocycles. The van der Waals surface area contributed by atoms with Crippen molar-refractivity contribution in [3.05, 3.63) is 48.0 Å². The average molecular weight is 524 g/mol. The third-order valence-corrected chi connectivity index (χ3v) is 8.39. The average Bonchev–Trinajstić information content (AvgIpc) is 3.24. The highest BCUT2D eigenvalue weighted by atomic mass is 35.5. The van der Waals surface area contributed by atoms with Gasteiger partial charge in [-0.25, -0.2) is 4.98 Å². The van der Waals surface area contributed by atoms with Gasteiger partial charge in [-0.1, -0.05) is 48.9 Å². The van der Waals surface area contributed by atoms with Gasteiger partial charge in [-0.2, -0.15) is 0 Å². The van der Waals surface area contributed by atoms with Gasteiger partial charge in [-0.05, 0) is 62.7 Å². The van der Waals surface area contributed by atoms with E-state index >= 15 is 0 Å². The predicted octanol–water partition coefficient (Wildman–Crippen LogP) is 7.00. The highest BCUT2D eigenvalue weighted by Crippen LogP contribution is 2.34. The van der Waals surface area contributed by atoms with E-state index in [-0.39, 0.29) is 18.3 Å². The van der Waals surface area contributed by atoms with E-state index in [0.717, 1.165) is 52.1 Å². The Hall–Kier alpha value is -1.25. The molecule has 1 aromatic heterocycles. The molecule has 0 radical (unpaired) electrons. The molecular formula is C25H34ClN3OS3. The van der Waals surface area contributed by atoms with Gasteiger partial charge in [0.2, 0.25) is 5.91 Å². The minimum Gasteiger partial charge on any atom is -0.302 e. The van der Waals surface area contributed by atoms with Crippen LogP contribution in [0.15, 0.2) is 52.3 Å². The molecular weight excluding hydrogens is 490 g/mol. The van der Waals surface area contributed by atoms with Crippen LogP contribution in [0.4, 0.5) is 5.13 Å². The number of anilines is 1. The molecule has 33 heavy (non-hydrogen) atoms. The van der Waals surface area contributed by atoms with Crippen molar-refractivity contribution in [2.45, 2.75) is 43.4 Å². The molecule has 1 heterocycles. The molecule has 0 atom stereocenters. The first-order valence-corrected chi connectivity index (χ1v) is 14.2. The number of halogens is 1. The normalized spacial score (nSPS) is 11.1. The summed E-state index contributed by atoms with van der Waals surface area (Å²) in [5, 5.41) is 0.824.